The molecule has 0 aliphatic carbocycles. The Morgan fingerprint density at radius 3 is 2.32 bits per heavy atom. The lowest BCUT2D eigenvalue weighted by Gasteiger charge is -2.25. The lowest BCUT2D eigenvalue weighted by molar-refractivity contribution is 0.545. The zero-order chi connectivity index (χ0) is 13.8. The molecule has 0 bridgehead atoms. The molecule has 0 aromatic heterocycles. The summed E-state index contributed by atoms with van der Waals surface area (Å²) in [5, 5.41) is 3.43. The number of rotatable bonds is 4. The van der Waals surface area contributed by atoms with Crippen LogP contribution in [-0.4, -0.2) is 13.1 Å². The molecule has 1 N–H and O–H groups in total. The van der Waals surface area contributed by atoms with Crippen LogP contribution in [0.5, 0.6) is 0 Å². The van der Waals surface area contributed by atoms with Crippen LogP contribution in [0.25, 0.3) is 0 Å². The highest BCUT2D eigenvalue weighted by atomic mass is 35.5. The van der Waals surface area contributed by atoms with Crippen molar-refractivity contribution in [2.24, 2.45) is 0 Å². The Balaban J connectivity index is 2.46. The minimum Gasteiger partial charge on any atom is -0.316 e. The Labute approximate surface area is 118 Å². The van der Waals surface area contributed by atoms with E-state index in [4.69, 9.17) is 11.6 Å². The summed E-state index contributed by atoms with van der Waals surface area (Å²) < 4.78 is 13.3. The van der Waals surface area contributed by atoms with Crippen molar-refractivity contribution in [1.29, 1.82) is 0 Å². The molecule has 3 heteroatoms. The van der Waals surface area contributed by atoms with Gasteiger partial charge in [-0.3, -0.25) is 0 Å². The van der Waals surface area contributed by atoms with E-state index < -0.39 is 0 Å². The normalized spacial score (nSPS) is 14.1. The average molecular weight is 278 g/mol. The molecular formula is C16H17ClFN. The van der Waals surface area contributed by atoms with Gasteiger partial charge >= 0.3 is 0 Å². The molecule has 0 saturated heterocycles. The van der Waals surface area contributed by atoms with E-state index in [-0.39, 0.29) is 22.8 Å². The van der Waals surface area contributed by atoms with E-state index in [0.717, 1.165) is 5.56 Å². The third-order valence-electron chi connectivity index (χ3n) is 3.42. The van der Waals surface area contributed by atoms with Crippen molar-refractivity contribution in [3.63, 3.8) is 0 Å². The SMILES string of the molecule is CNC(C)C(c1ccccc1)c1ccc(F)c(Cl)c1. The Kier molecular flexibility index (Phi) is 4.56. The molecule has 0 amide bonds. The number of likely N-dealkylation sites (N-methyl/N-ethyl adjacent to an activating group) is 1. The van der Waals surface area contributed by atoms with Gasteiger partial charge in [0.1, 0.15) is 5.82 Å². The molecule has 100 valence electrons. The van der Waals surface area contributed by atoms with Gasteiger partial charge in [-0.05, 0) is 37.2 Å². The van der Waals surface area contributed by atoms with Crippen molar-refractivity contribution < 1.29 is 4.39 Å². The molecule has 0 heterocycles. The molecule has 2 aromatic rings. The summed E-state index contributed by atoms with van der Waals surface area (Å²) in [5.41, 5.74) is 2.20. The molecule has 2 rings (SSSR count). The van der Waals surface area contributed by atoms with Crippen molar-refractivity contribution in [2.45, 2.75) is 18.9 Å². The molecule has 0 spiro atoms. The van der Waals surface area contributed by atoms with E-state index in [0.29, 0.717) is 0 Å². The fraction of sp³-hybridized carbons (Fsp3) is 0.250. The van der Waals surface area contributed by atoms with Gasteiger partial charge in [0, 0.05) is 12.0 Å². The predicted octanol–water partition coefficient (Wildman–Crippen LogP) is 4.22. The minimum atomic E-state index is -0.380. The minimum absolute atomic E-state index is 0.143. The molecule has 0 radical (unpaired) electrons. The van der Waals surface area contributed by atoms with Gasteiger partial charge in [-0.25, -0.2) is 4.39 Å². The van der Waals surface area contributed by atoms with Crippen molar-refractivity contribution in [1.82, 2.24) is 5.32 Å². The van der Waals surface area contributed by atoms with Crippen molar-refractivity contribution in [3.8, 4) is 0 Å². The Hall–Kier alpha value is -1.38. The molecule has 2 atom stereocenters. The zero-order valence-corrected chi connectivity index (χ0v) is 11.8. The highest BCUT2D eigenvalue weighted by molar-refractivity contribution is 6.30. The van der Waals surface area contributed by atoms with Gasteiger partial charge < -0.3 is 5.32 Å². The molecule has 1 nitrogen and oxygen atoms in total. The van der Waals surface area contributed by atoms with Crippen LogP contribution in [0.1, 0.15) is 24.0 Å². The maximum absolute atomic E-state index is 13.3. The van der Waals surface area contributed by atoms with Crippen molar-refractivity contribution >= 4 is 11.6 Å². The molecule has 0 aliphatic heterocycles. The summed E-state index contributed by atoms with van der Waals surface area (Å²) in [4.78, 5) is 0. The molecular weight excluding hydrogens is 261 g/mol. The largest absolute Gasteiger partial charge is 0.316 e. The van der Waals surface area contributed by atoms with Crippen LogP contribution in [0, 0.1) is 5.82 Å². The fourth-order valence-electron chi connectivity index (χ4n) is 2.30. The Morgan fingerprint density at radius 2 is 1.74 bits per heavy atom. The van der Waals surface area contributed by atoms with Crippen molar-refractivity contribution in [3.05, 3.63) is 70.5 Å². The number of hydrogen-bond acceptors (Lipinski definition) is 1. The standard InChI is InChI=1S/C16H17ClFN/c1-11(19-2)16(12-6-4-3-5-7-12)13-8-9-15(18)14(17)10-13/h3-11,16,19H,1-2H3. The topological polar surface area (TPSA) is 12.0 Å². The van der Waals surface area contributed by atoms with E-state index >= 15 is 0 Å². The van der Waals surface area contributed by atoms with Crippen LogP contribution < -0.4 is 5.32 Å². The second-order valence-electron chi connectivity index (χ2n) is 4.64. The third-order valence-corrected chi connectivity index (χ3v) is 3.71. The molecule has 0 aliphatic rings. The number of halogens is 2. The molecule has 19 heavy (non-hydrogen) atoms. The lowest BCUT2D eigenvalue weighted by atomic mass is 9.86. The summed E-state index contributed by atoms with van der Waals surface area (Å²) >= 11 is 5.90. The fourth-order valence-corrected chi connectivity index (χ4v) is 2.49. The summed E-state index contributed by atoms with van der Waals surface area (Å²) in [5.74, 6) is -0.237. The van der Waals surface area contributed by atoms with Gasteiger partial charge in [0.15, 0.2) is 0 Å². The van der Waals surface area contributed by atoms with Gasteiger partial charge in [-0.2, -0.15) is 0 Å². The third kappa shape index (κ3) is 3.14. The van der Waals surface area contributed by atoms with Crippen LogP contribution in [0.15, 0.2) is 48.5 Å². The summed E-state index contributed by atoms with van der Waals surface area (Å²) in [7, 11) is 1.92. The van der Waals surface area contributed by atoms with E-state index in [1.165, 1.54) is 11.6 Å². The summed E-state index contributed by atoms with van der Waals surface area (Å²) in [6.07, 6.45) is 0. The first-order valence-corrected chi connectivity index (χ1v) is 6.68. The van der Waals surface area contributed by atoms with E-state index in [1.807, 2.05) is 25.2 Å². The maximum Gasteiger partial charge on any atom is 0.141 e. The average Bonchev–Trinajstić information content (AvgIpc) is 2.44. The van der Waals surface area contributed by atoms with Gasteiger partial charge in [-0.1, -0.05) is 48.0 Å². The first-order chi connectivity index (χ1) is 9.13. The lowest BCUT2D eigenvalue weighted by Crippen LogP contribution is -2.29. The van der Waals surface area contributed by atoms with E-state index in [2.05, 4.69) is 24.4 Å². The summed E-state index contributed by atoms with van der Waals surface area (Å²) in [6.45, 7) is 2.11. The Morgan fingerprint density at radius 1 is 1.05 bits per heavy atom. The Bertz CT molecular complexity index is 542. The first-order valence-electron chi connectivity index (χ1n) is 6.30. The summed E-state index contributed by atoms with van der Waals surface area (Å²) in [6, 6.07) is 15.3. The van der Waals surface area contributed by atoms with Gasteiger partial charge in [0.25, 0.3) is 0 Å². The van der Waals surface area contributed by atoms with Crippen LogP contribution in [0.4, 0.5) is 4.39 Å². The smallest absolute Gasteiger partial charge is 0.141 e. The van der Waals surface area contributed by atoms with Crippen LogP contribution >= 0.6 is 11.6 Å². The van der Waals surface area contributed by atoms with E-state index in [1.54, 1.807) is 12.1 Å². The monoisotopic (exact) mass is 277 g/mol. The number of nitrogens with one attached hydrogen (secondary N) is 1. The van der Waals surface area contributed by atoms with Crippen LogP contribution in [0.2, 0.25) is 5.02 Å². The second-order valence-corrected chi connectivity index (χ2v) is 5.05. The highest BCUT2D eigenvalue weighted by Gasteiger charge is 2.20. The van der Waals surface area contributed by atoms with Gasteiger partial charge in [0.2, 0.25) is 0 Å². The van der Waals surface area contributed by atoms with Crippen molar-refractivity contribution in [2.75, 3.05) is 7.05 Å². The van der Waals surface area contributed by atoms with Crippen LogP contribution in [0.3, 0.4) is 0 Å². The van der Waals surface area contributed by atoms with Crippen LogP contribution in [-0.2, 0) is 0 Å². The van der Waals surface area contributed by atoms with Gasteiger partial charge in [0.05, 0.1) is 5.02 Å². The molecule has 0 fully saturated rings. The number of benzene rings is 2. The predicted molar refractivity (Wildman–Crippen MR) is 78.2 cm³/mol. The first kappa shape index (κ1) is 14.0. The zero-order valence-electron chi connectivity index (χ0n) is 11.0. The highest BCUT2D eigenvalue weighted by Crippen LogP contribution is 2.30. The molecule has 0 saturated carbocycles. The quantitative estimate of drug-likeness (QED) is 0.882. The van der Waals surface area contributed by atoms with E-state index in [9.17, 15) is 4.39 Å². The number of hydrogen-bond donors (Lipinski definition) is 1. The van der Waals surface area contributed by atoms with Gasteiger partial charge in [-0.15, -0.1) is 0 Å². The molecule has 2 aromatic carbocycles. The maximum atomic E-state index is 13.3. The molecule has 2 unspecified atom stereocenters. The second kappa shape index (κ2) is 6.18.